The topological polar surface area (TPSA) is 97.6 Å². The van der Waals surface area contributed by atoms with E-state index in [0.29, 0.717) is 47.5 Å². The second-order valence-corrected chi connectivity index (χ2v) is 11.4. The highest BCUT2D eigenvalue weighted by Crippen LogP contribution is 2.33. The Hall–Kier alpha value is -2.98. The van der Waals surface area contributed by atoms with Crippen LogP contribution >= 0.6 is 0 Å². The average Bonchev–Trinajstić information content (AvgIpc) is 3.37. The van der Waals surface area contributed by atoms with E-state index in [9.17, 15) is 13.2 Å². The summed E-state index contributed by atoms with van der Waals surface area (Å²) in [5.74, 6) is 0.871. The molecule has 2 fully saturated rings. The zero-order valence-electron chi connectivity index (χ0n) is 19.7. The zero-order chi connectivity index (χ0) is 24.0. The summed E-state index contributed by atoms with van der Waals surface area (Å²) in [5, 5.41) is 5.39. The molecule has 0 bridgehead atoms. The largest absolute Gasteiger partial charge is 0.497 e. The van der Waals surface area contributed by atoms with Gasteiger partial charge in [-0.3, -0.25) is 4.79 Å². The average molecular weight is 484 g/mol. The highest BCUT2D eigenvalue weighted by Gasteiger charge is 2.33. The van der Waals surface area contributed by atoms with Crippen molar-refractivity contribution in [1.29, 1.82) is 0 Å². The minimum atomic E-state index is -3.10. The van der Waals surface area contributed by atoms with Gasteiger partial charge in [-0.25, -0.2) is 18.1 Å². The molecule has 4 heterocycles. The summed E-state index contributed by atoms with van der Waals surface area (Å²) in [4.78, 5) is 22.7. The fraction of sp³-hybridized carbons (Fsp3) is 0.458. The number of methoxy groups -OCH3 is 1. The van der Waals surface area contributed by atoms with Gasteiger partial charge in [0.2, 0.25) is 0 Å². The van der Waals surface area contributed by atoms with E-state index < -0.39 is 9.84 Å². The van der Waals surface area contributed by atoms with Crippen LogP contribution in [0.2, 0.25) is 0 Å². The van der Waals surface area contributed by atoms with Crippen molar-refractivity contribution in [2.24, 2.45) is 0 Å². The summed E-state index contributed by atoms with van der Waals surface area (Å²) in [6.07, 6.45) is 0.495. The molecule has 1 amide bonds. The number of ether oxygens (including phenoxy) is 1. The second kappa shape index (κ2) is 8.66. The second-order valence-electron chi connectivity index (χ2n) is 9.16. The van der Waals surface area contributed by atoms with Crippen molar-refractivity contribution in [2.45, 2.75) is 19.4 Å². The molecule has 1 atom stereocenters. The van der Waals surface area contributed by atoms with Gasteiger partial charge in [-0.05, 0) is 50.7 Å². The molecule has 0 N–H and O–H groups in total. The normalized spacial score (nSPS) is 20.7. The van der Waals surface area contributed by atoms with Crippen molar-refractivity contribution >= 4 is 26.8 Å². The predicted octanol–water partition coefficient (Wildman–Crippen LogP) is 2.16. The Morgan fingerprint density at radius 3 is 2.44 bits per heavy atom. The molecule has 5 rings (SSSR count). The number of aromatic nitrogens is 3. The van der Waals surface area contributed by atoms with Crippen molar-refractivity contribution < 1.29 is 17.9 Å². The van der Waals surface area contributed by atoms with Crippen molar-refractivity contribution in [3.8, 4) is 17.0 Å². The first-order valence-electron chi connectivity index (χ1n) is 11.5. The number of nitrogens with zero attached hydrogens (tertiary/aromatic N) is 5. The van der Waals surface area contributed by atoms with Crippen LogP contribution in [0.25, 0.3) is 22.3 Å². The van der Waals surface area contributed by atoms with Gasteiger partial charge in [0.05, 0.1) is 47.0 Å². The van der Waals surface area contributed by atoms with Crippen LogP contribution in [0.1, 0.15) is 28.5 Å². The maximum Gasteiger partial charge on any atom is 0.254 e. The lowest BCUT2D eigenvalue weighted by Crippen LogP contribution is -2.47. The lowest BCUT2D eigenvalue weighted by atomic mass is 10.0. The number of hydrogen-bond donors (Lipinski definition) is 0. The standard InChI is InChI=1S/C24H29N5O4S/c1-16-22-20(24(30)28-11-9-27(2)10-12-28)14-21(17-4-6-19(33-3)7-5-17)25-23(22)29(26-16)18-8-13-34(31,32)15-18/h4-7,14,18H,8-13,15H2,1-3H3/t18-/m1/s1. The van der Waals surface area contributed by atoms with Gasteiger partial charge in [-0.2, -0.15) is 5.10 Å². The Morgan fingerprint density at radius 1 is 1.12 bits per heavy atom. The molecule has 9 nitrogen and oxygen atoms in total. The SMILES string of the molecule is COc1ccc(-c2cc(C(=O)N3CCN(C)CC3)c3c(C)nn([C@@H]4CCS(=O)(=O)C4)c3n2)cc1. The van der Waals surface area contributed by atoms with Crippen LogP contribution in [0.3, 0.4) is 0 Å². The van der Waals surface area contributed by atoms with Gasteiger partial charge in [0.15, 0.2) is 15.5 Å². The van der Waals surface area contributed by atoms with Gasteiger partial charge < -0.3 is 14.5 Å². The predicted molar refractivity (Wildman–Crippen MR) is 130 cm³/mol. The summed E-state index contributed by atoms with van der Waals surface area (Å²) in [7, 11) is 0.564. The molecule has 0 aliphatic carbocycles. The number of rotatable bonds is 4. The van der Waals surface area contributed by atoms with Crippen LogP contribution in [0.5, 0.6) is 5.75 Å². The molecule has 0 spiro atoms. The van der Waals surface area contributed by atoms with Crippen LogP contribution < -0.4 is 4.74 Å². The number of piperazine rings is 1. The number of benzene rings is 1. The number of aryl methyl sites for hydroxylation is 1. The van der Waals surface area contributed by atoms with Crippen LogP contribution in [-0.4, -0.2) is 90.7 Å². The Bertz CT molecular complexity index is 1340. The fourth-order valence-corrected chi connectivity index (χ4v) is 6.49. The third-order valence-electron chi connectivity index (χ3n) is 6.80. The fourth-order valence-electron chi connectivity index (χ4n) is 4.79. The maximum absolute atomic E-state index is 13.7. The van der Waals surface area contributed by atoms with E-state index in [1.807, 2.05) is 42.2 Å². The van der Waals surface area contributed by atoms with Crippen LogP contribution in [-0.2, 0) is 9.84 Å². The van der Waals surface area contributed by atoms with Crippen LogP contribution in [0.4, 0.5) is 0 Å². The van der Waals surface area contributed by atoms with Gasteiger partial charge in [0.1, 0.15) is 5.75 Å². The van der Waals surface area contributed by atoms with Gasteiger partial charge in [0.25, 0.3) is 5.91 Å². The van der Waals surface area contributed by atoms with Gasteiger partial charge in [0, 0.05) is 31.7 Å². The first-order valence-corrected chi connectivity index (χ1v) is 13.3. The molecule has 1 aromatic carbocycles. The van der Waals surface area contributed by atoms with E-state index in [2.05, 4.69) is 11.9 Å². The molecule has 2 aliphatic heterocycles. The molecule has 2 aliphatic rings. The highest BCUT2D eigenvalue weighted by molar-refractivity contribution is 7.91. The van der Waals surface area contributed by atoms with Gasteiger partial charge in [-0.1, -0.05) is 0 Å². The third kappa shape index (κ3) is 4.16. The van der Waals surface area contributed by atoms with Crippen molar-refractivity contribution in [3.05, 3.63) is 41.6 Å². The Kier molecular flexibility index (Phi) is 5.81. The molecule has 0 saturated carbocycles. The molecule has 34 heavy (non-hydrogen) atoms. The van der Waals surface area contributed by atoms with E-state index in [1.54, 1.807) is 11.8 Å². The first-order chi connectivity index (χ1) is 16.3. The molecule has 2 saturated heterocycles. The van der Waals surface area contributed by atoms with E-state index in [-0.39, 0.29) is 23.5 Å². The summed E-state index contributed by atoms with van der Waals surface area (Å²) < 4.78 is 31.4. The summed E-state index contributed by atoms with van der Waals surface area (Å²) in [5.41, 5.74) is 3.30. The van der Waals surface area contributed by atoms with E-state index in [4.69, 9.17) is 14.8 Å². The number of sulfone groups is 1. The highest BCUT2D eigenvalue weighted by atomic mass is 32.2. The van der Waals surface area contributed by atoms with Gasteiger partial charge >= 0.3 is 0 Å². The van der Waals surface area contributed by atoms with Crippen molar-refractivity contribution in [1.82, 2.24) is 24.6 Å². The Labute approximate surface area is 199 Å². The summed E-state index contributed by atoms with van der Waals surface area (Å²) in [6.45, 7) is 4.82. The van der Waals surface area contributed by atoms with E-state index >= 15 is 0 Å². The number of likely N-dealkylation sites (N-methyl/N-ethyl adjacent to an activating group) is 1. The minimum absolute atomic E-state index is 0.0411. The third-order valence-corrected chi connectivity index (χ3v) is 8.55. The lowest BCUT2D eigenvalue weighted by molar-refractivity contribution is 0.0666. The van der Waals surface area contributed by atoms with Crippen LogP contribution in [0, 0.1) is 6.92 Å². The van der Waals surface area contributed by atoms with Crippen molar-refractivity contribution in [3.63, 3.8) is 0 Å². The monoisotopic (exact) mass is 483 g/mol. The lowest BCUT2D eigenvalue weighted by Gasteiger charge is -2.32. The minimum Gasteiger partial charge on any atom is -0.497 e. The molecule has 0 unspecified atom stereocenters. The van der Waals surface area contributed by atoms with Crippen LogP contribution in [0.15, 0.2) is 30.3 Å². The van der Waals surface area contributed by atoms with E-state index in [1.165, 1.54) is 0 Å². The number of carbonyl (C=O) groups excluding carboxylic acids is 1. The molecular formula is C24H29N5O4S. The number of pyridine rings is 1. The smallest absolute Gasteiger partial charge is 0.254 e. The van der Waals surface area contributed by atoms with E-state index in [0.717, 1.165) is 24.4 Å². The zero-order valence-corrected chi connectivity index (χ0v) is 20.5. The molecular weight excluding hydrogens is 454 g/mol. The first kappa shape index (κ1) is 22.8. The van der Waals surface area contributed by atoms with Gasteiger partial charge in [-0.15, -0.1) is 0 Å². The number of hydrogen-bond acceptors (Lipinski definition) is 7. The molecule has 180 valence electrons. The van der Waals surface area contributed by atoms with Crippen molar-refractivity contribution in [2.75, 3.05) is 51.8 Å². The molecule has 10 heteroatoms. The summed E-state index contributed by atoms with van der Waals surface area (Å²) >= 11 is 0. The quantitative estimate of drug-likeness (QED) is 0.561. The molecule has 3 aromatic rings. The number of amides is 1. The Balaban J connectivity index is 1.66. The maximum atomic E-state index is 13.7. The summed E-state index contributed by atoms with van der Waals surface area (Å²) in [6, 6.07) is 9.08. The number of carbonyl (C=O) groups is 1. The molecule has 0 radical (unpaired) electrons. The Morgan fingerprint density at radius 2 is 1.82 bits per heavy atom. The number of fused-ring (bicyclic) bond motifs is 1. The molecule has 2 aromatic heterocycles.